The van der Waals surface area contributed by atoms with Crippen LogP contribution >= 0.6 is 15.9 Å². The minimum Gasteiger partial charge on any atom is -0.383 e. The van der Waals surface area contributed by atoms with Gasteiger partial charge >= 0.3 is 0 Å². The lowest BCUT2D eigenvalue weighted by Gasteiger charge is -2.17. The lowest BCUT2D eigenvalue weighted by molar-refractivity contribution is -0.127. The predicted octanol–water partition coefficient (Wildman–Crippen LogP) is 0.676. The van der Waals surface area contributed by atoms with Crippen molar-refractivity contribution in [2.75, 3.05) is 33.5 Å². The number of aryl methyl sites for hydroxylation is 1. The van der Waals surface area contributed by atoms with Crippen molar-refractivity contribution in [1.29, 1.82) is 0 Å². The maximum Gasteiger partial charge on any atom is 0.272 e. The van der Waals surface area contributed by atoms with Gasteiger partial charge in [0.2, 0.25) is 5.91 Å². The number of amides is 2. The van der Waals surface area contributed by atoms with Crippen LogP contribution in [0.1, 0.15) is 10.5 Å². The van der Waals surface area contributed by atoms with E-state index in [4.69, 9.17) is 4.74 Å². The molecule has 1 aromatic heterocycles. The van der Waals surface area contributed by atoms with E-state index >= 15 is 0 Å². The third-order valence-electron chi connectivity index (χ3n) is 3.06. The van der Waals surface area contributed by atoms with Crippen LogP contribution in [0.2, 0.25) is 0 Å². The number of carbonyl (C=O) groups is 2. The van der Waals surface area contributed by atoms with Gasteiger partial charge in [0.25, 0.3) is 5.91 Å². The SMILES string of the molecule is COCCN1CN(C(=O)c2cc(Br)cn2C)CC1=O. The van der Waals surface area contributed by atoms with E-state index in [1.807, 2.05) is 6.20 Å². The van der Waals surface area contributed by atoms with E-state index in [2.05, 4.69) is 15.9 Å². The summed E-state index contributed by atoms with van der Waals surface area (Å²) in [6.07, 6.45) is 1.81. The topological polar surface area (TPSA) is 54.8 Å². The lowest BCUT2D eigenvalue weighted by atomic mass is 10.3. The van der Waals surface area contributed by atoms with Crippen molar-refractivity contribution in [3.63, 3.8) is 0 Å². The quantitative estimate of drug-likeness (QED) is 0.816. The molecule has 1 aromatic rings. The lowest BCUT2D eigenvalue weighted by Crippen LogP contribution is -2.33. The first-order valence-corrected chi connectivity index (χ1v) is 6.70. The molecule has 0 bridgehead atoms. The molecule has 1 saturated heterocycles. The van der Waals surface area contributed by atoms with E-state index in [0.29, 0.717) is 25.5 Å². The zero-order valence-electron chi connectivity index (χ0n) is 10.9. The Balaban J connectivity index is 2.05. The molecule has 104 valence electrons. The van der Waals surface area contributed by atoms with Crippen LogP contribution in [0.15, 0.2) is 16.7 Å². The number of hydrogen-bond donors (Lipinski definition) is 0. The largest absolute Gasteiger partial charge is 0.383 e. The van der Waals surface area contributed by atoms with Gasteiger partial charge < -0.3 is 19.1 Å². The molecular weight excluding hydrogens is 314 g/mol. The standard InChI is InChI=1S/C12H16BrN3O3/c1-14-6-9(13)5-10(14)12(18)16-7-11(17)15(8-16)3-4-19-2/h5-6H,3-4,7-8H2,1-2H3. The van der Waals surface area contributed by atoms with Gasteiger partial charge in [-0.2, -0.15) is 0 Å². The number of halogens is 1. The summed E-state index contributed by atoms with van der Waals surface area (Å²) in [4.78, 5) is 27.3. The summed E-state index contributed by atoms with van der Waals surface area (Å²) in [6, 6.07) is 1.75. The van der Waals surface area contributed by atoms with Crippen LogP contribution in [0.3, 0.4) is 0 Å². The number of ether oxygens (including phenoxy) is 1. The molecule has 0 saturated carbocycles. The van der Waals surface area contributed by atoms with E-state index in [9.17, 15) is 9.59 Å². The highest BCUT2D eigenvalue weighted by Gasteiger charge is 2.31. The van der Waals surface area contributed by atoms with Crippen molar-refractivity contribution in [3.05, 3.63) is 22.4 Å². The van der Waals surface area contributed by atoms with Crippen molar-refractivity contribution >= 4 is 27.7 Å². The molecule has 1 fully saturated rings. The van der Waals surface area contributed by atoms with E-state index in [0.717, 1.165) is 4.47 Å². The third-order valence-corrected chi connectivity index (χ3v) is 3.50. The molecule has 19 heavy (non-hydrogen) atoms. The summed E-state index contributed by atoms with van der Waals surface area (Å²) in [5, 5.41) is 0. The summed E-state index contributed by atoms with van der Waals surface area (Å²) in [6.45, 7) is 1.44. The molecule has 0 aromatic carbocycles. The van der Waals surface area contributed by atoms with Crippen LogP contribution in [0, 0.1) is 0 Å². The van der Waals surface area contributed by atoms with Crippen molar-refractivity contribution in [3.8, 4) is 0 Å². The minimum atomic E-state index is -0.138. The molecule has 0 radical (unpaired) electrons. The van der Waals surface area contributed by atoms with Gasteiger partial charge in [-0.3, -0.25) is 9.59 Å². The molecule has 2 amide bonds. The molecular formula is C12H16BrN3O3. The summed E-state index contributed by atoms with van der Waals surface area (Å²) in [7, 11) is 3.39. The summed E-state index contributed by atoms with van der Waals surface area (Å²) in [5.74, 6) is -0.180. The molecule has 0 atom stereocenters. The van der Waals surface area contributed by atoms with Gasteiger partial charge in [-0.15, -0.1) is 0 Å². The van der Waals surface area contributed by atoms with Crippen molar-refractivity contribution < 1.29 is 14.3 Å². The van der Waals surface area contributed by atoms with Crippen LogP contribution in [0.4, 0.5) is 0 Å². The second kappa shape index (κ2) is 5.75. The van der Waals surface area contributed by atoms with E-state index in [1.54, 1.807) is 34.6 Å². The zero-order valence-corrected chi connectivity index (χ0v) is 12.5. The van der Waals surface area contributed by atoms with Crippen molar-refractivity contribution in [2.24, 2.45) is 7.05 Å². The Labute approximate surface area is 120 Å². The molecule has 6 nitrogen and oxygen atoms in total. The van der Waals surface area contributed by atoms with Gasteiger partial charge in [0, 0.05) is 31.4 Å². The summed E-state index contributed by atoms with van der Waals surface area (Å²) in [5.41, 5.74) is 0.563. The maximum absolute atomic E-state index is 12.3. The van der Waals surface area contributed by atoms with Gasteiger partial charge in [0.1, 0.15) is 12.2 Å². The molecule has 7 heteroatoms. The van der Waals surface area contributed by atoms with Gasteiger partial charge in [-0.05, 0) is 22.0 Å². The first-order chi connectivity index (χ1) is 9.02. The molecule has 0 aliphatic carbocycles. The van der Waals surface area contributed by atoms with Crippen LogP contribution in [-0.4, -0.2) is 59.7 Å². The van der Waals surface area contributed by atoms with Crippen molar-refractivity contribution in [1.82, 2.24) is 14.4 Å². The van der Waals surface area contributed by atoms with Crippen LogP contribution in [0.5, 0.6) is 0 Å². The Hall–Kier alpha value is -1.34. The van der Waals surface area contributed by atoms with E-state index in [1.165, 1.54) is 0 Å². The maximum atomic E-state index is 12.3. The van der Waals surface area contributed by atoms with Gasteiger partial charge in [-0.1, -0.05) is 0 Å². The summed E-state index contributed by atoms with van der Waals surface area (Å²) < 4.78 is 7.54. The fraction of sp³-hybridized carbons (Fsp3) is 0.500. The van der Waals surface area contributed by atoms with Gasteiger partial charge in [0.15, 0.2) is 0 Å². The molecule has 1 aliphatic heterocycles. The normalized spacial score (nSPS) is 15.4. The van der Waals surface area contributed by atoms with Gasteiger partial charge in [-0.25, -0.2) is 0 Å². The highest BCUT2D eigenvalue weighted by Crippen LogP contribution is 2.17. The van der Waals surface area contributed by atoms with Crippen LogP contribution in [0.25, 0.3) is 0 Å². The van der Waals surface area contributed by atoms with E-state index in [-0.39, 0.29) is 18.4 Å². The summed E-state index contributed by atoms with van der Waals surface area (Å²) >= 11 is 3.33. The Morgan fingerprint density at radius 2 is 2.26 bits per heavy atom. The average molecular weight is 330 g/mol. The number of hydrogen-bond acceptors (Lipinski definition) is 3. The number of carbonyl (C=O) groups excluding carboxylic acids is 2. The molecule has 0 spiro atoms. The Morgan fingerprint density at radius 1 is 1.53 bits per heavy atom. The Morgan fingerprint density at radius 3 is 2.84 bits per heavy atom. The second-order valence-electron chi connectivity index (χ2n) is 4.45. The average Bonchev–Trinajstić information content (AvgIpc) is 2.89. The first-order valence-electron chi connectivity index (χ1n) is 5.90. The molecule has 2 heterocycles. The monoisotopic (exact) mass is 329 g/mol. The molecule has 1 aliphatic rings. The minimum absolute atomic E-state index is 0.0429. The van der Waals surface area contributed by atoms with Gasteiger partial charge in [0.05, 0.1) is 13.3 Å². The number of nitrogens with zero attached hydrogens (tertiary/aromatic N) is 3. The highest BCUT2D eigenvalue weighted by atomic mass is 79.9. The Bertz CT molecular complexity index is 500. The predicted molar refractivity (Wildman–Crippen MR) is 72.6 cm³/mol. The molecule has 0 unspecified atom stereocenters. The highest BCUT2D eigenvalue weighted by molar-refractivity contribution is 9.10. The smallest absolute Gasteiger partial charge is 0.272 e. The zero-order chi connectivity index (χ0) is 14.0. The van der Waals surface area contributed by atoms with Crippen LogP contribution < -0.4 is 0 Å². The fourth-order valence-electron chi connectivity index (χ4n) is 2.03. The molecule has 0 N–H and O–H groups in total. The third kappa shape index (κ3) is 2.98. The van der Waals surface area contributed by atoms with E-state index < -0.39 is 0 Å². The number of rotatable bonds is 4. The number of aromatic nitrogens is 1. The second-order valence-corrected chi connectivity index (χ2v) is 5.36. The van der Waals surface area contributed by atoms with Crippen molar-refractivity contribution in [2.45, 2.75) is 0 Å². The fourth-order valence-corrected chi connectivity index (χ4v) is 2.55. The Kier molecular flexibility index (Phi) is 4.26. The molecule has 2 rings (SSSR count). The first kappa shape index (κ1) is 14.1. The van der Waals surface area contributed by atoms with Crippen LogP contribution in [-0.2, 0) is 16.6 Å². The number of methoxy groups -OCH3 is 1.